The van der Waals surface area contributed by atoms with Gasteiger partial charge in [-0.05, 0) is 37.0 Å². The van der Waals surface area contributed by atoms with Crippen LogP contribution in [-0.2, 0) is 4.79 Å². The van der Waals surface area contributed by atoms with Gasteiger partial charge in [0.05, 0.1) is 17.3 Å². The number of carboxylic acid groups (broad SMARTS) is 1. The number of hydrogen-bond donors (Lipinski definition) is 1. The van der Waals surface area contributed by atoms with Crippen molar-refractivity contribution in [3.8, 4) is 0 Å². The summed E-state index contributed by atoms with van der Waals surface area (Å²) in [7, 11) is 0. The number of aliphatic hydroxyl groups excluding tert-OH is 1. The monoisotopic (exact) mass is 309 g/mol. The van der Waals surface area contributed by atoms with Crippen LogP contribution in [0.4, 0.5) is 0 Å². The van der Waals surface area contributed by atoms with Crippen LogP contribution in [0.5, 0.6) is 0 Å². The number of hydrogen-bond acceptors (Lipinski definition) is 5. The van der Waals surface area contributed by atoms with Gasteiger partial charge in [0.2, 0.25) is 0 Å². The fraction of sp³-hybridized carbons (Fsp3) is 0.250. The second-order valence-corrected chi connectivity index (χ2v) is 5.61. The average molecular weight is 309 g/mol. The first-order valence-electron chi connectivity index (χ1n) is 6.62. The summed E-state index contributed by atoms with van der Waals surface area (Å²) in [4.78, 5) is 15.7. The van der Waals surface area contributed by atoms with Gasteiger partial charge in [-0.2, -0.15) is 0 Å². The SMILES string of the molecule is Cc1ncsc1/C=C/c1ccc(C(O)CCC(=O)[O-])cc1.[Li+]. The molecule has 0 saturated carbocycles. The van der Waals surface area contributed by atoms with E-state index in [0.29, 0.717) is 5.56 Å². The summed E-state index contributed by atoms with van der Waals surface area (Å²) in [5.41, 5.74) is 4.54. The van der Waals surface area contributed by atoms with Gasteiger partial charge in [0.25, 0.3) is 0 Å². The Labute approximate surface area is 145 Å². The molecule has 22 heavy (non-hydrogen) atoms. The van der Waals surface area contributed by atoms with Gasteiger partial charge in [0.1, 0.15) is 0 Å². The number of carbonyl (C=O) groups excluding carboxylic acids is 1. The van der Waals surface area contributed by atoms with Crippen molar-refractivity contribution in [2.45, 2.75) is 25.9 Å². The standard InChI is InChI=1S/C16H17NO3S.Li/c1-11-15(21-10-17-11)8-4-12-2-5-13(6-3-12)14(18)7-9-16(19)20;/h2-6,8,10,14,18H,7,9H2,1H3,(H,19,20);/q;+1/p-1/b8-4+;. The van der Waals surface area contributed by atoms with Crippen molar-refractivity contribution < 1.29 is 33.9 Å². The fourth-order valence-corrected chi connectivity index (χ4v) is 2.59. The van der Waals surface area contributed by atoms with Crippen molar-refractivity contribution in [3.63, 3.8) is 0 Å². The minimum Gasteiger partial charge on any atom is -0.550 e. The summed E-state index contributed by atoms with van der Waals surface area (Å²) in [5, 5.41) is 20.2. The summed E-state index contributed by atoms with van der Waals surface area (Å²) in [6.07, 6.45) is 3.24. The number of carboxylic acids is 1. The van der Waals surface area contributed by atoms with Crippen LogP contribution in [0.2, 0.25) is 0 Å². The third-order valence-electron chi connectivity index (χ3n) is 3.15. The molecular formula is C16H16LiNO3S. The first kappa shape index (κ1) is 18.7. The maximum absolute atomic E-state index is 10.4. The number of aryl methyl sites for hydroxylation is 1. The number of nitrogens with zero attached hydrogens (tertiary/aromatic N) is 1. The van der Waals surface area contributed by atoms with Gasteiger partial charge in [-0.15, -0.1) is 11.3 Å². The zero-order chi connectivity index (χ0) is 15.2. The summed E-state index contributed by atoms with van der Waals surface area (Å²) in [6, 6.07) is 7.40. The number of benzene rings is 1. The van der Waals surface area contributed by atoms with Gasteiger partial charge in [0, 0.05) is 10.8 Å². The van der Waals surface area contributed by atoms with E-state index in [-0.39, 0.29) is 31.7 Å². The molecule has 1 heterocycles. The number of aliphatic carboxylic acids is 1. The van der Waals surface area contributed by atoms with Crippen LogP contribution in [0.3, 0.4) is 0 Å². The minimum atomic E-state index is -1.14. The molecule has 0 aliphatic carbocycles. The molecule has 1 unspecified atom stereocenters. The molecule has 0 radical (unpaired) electrons. The Kier molecular flexibility index (Phi) is 7.56. The van der Waals surface area contributed by atoms with Crippen LogP contribution in [0.1, 0.15) is 40.6 Å². The smallest absolute Gasteiger partial charge is 0.550 e. The molecule has 0 fully saturated rings. The summed E-state index contributed by atoms with van der Waals surface area (Å²) in [6.45, 7) is 1.97. The molecule has 2 aromatic rings. The molecule has 1 aromatic heterocycles. The second-order valence-electron chi connectivity index (χ2n) is 4.73. The van der Waals surface area contributed by atoms with E-state index in [2.05, 4.69) is 4.98 Å². The van der Waals surface area contributed by atoms with Crippen LogP contribution >= 0.6 is 11.3 Å². The van der Waals surface area contributed by atoms with Crippen LogP contribution in [-0.4, -0.2) is 16.1 Å². The Morgan fingerprint density at radius 2 is 2.05 bits per heavy atom. The molecule has 0 aliphatic heterocycles. The van der Waals surface area contributed by atoms with E-state index in [1.165, 1.54) is 0 Å². The van der Waals surface area contributed by atoms with E-state index >= 15 is 0 Å². The molecule has 0 aliphatic rings. The first-order chi connectivity index (χ1) is 10.1. The molecule has 0 bridgehead atoms. The number of aromatic nitrogens is 1. The van der Waals surface area contributed by atoms with Gasteiger partial charge in [-0.1, -0.05) is 30.3 Å². The molecule has 1 N–H and O–H groups in total. The van der Waals surface area contributed by atoms with Crippen LogP contribution < -0.4 is 24.0 Å². The Hall–Kier alpha value is -1.38. The van der Waals surface area contributed by atoms with Crippen LogP contribution in [0, 0.1) is 6.92 Å². The first-order valence-corrected chi connectivity index (χ1v) is 7.50. The van der Waals surface area contributed by atoms with Gasteiger partial charge >= 0.3 is 18.9 Å². The Balaban J connectivity index is 0.00000242. The zero-order valence-electron chi connectivity index (χ0n) is 12.7. The number of aliphatic hydroxyl groups is 1. The quantitative estimate of drug-likeness (QED) is 0.708. The van der Waals surface area contributed by atoms with Crippen molar-refractivity contribution in [1.29, 1.82) is 0 Å². The van der Waals surface area contributed by atoms with E-state index in [9.17, 15) is 15.0 Å². The van der Waals surface area contributed by atoms with Crippen molar-refractivity contribution in [3.05, 3.63) is 51.5 Å². The van der Waals surface area contributed by atoms with Crippen molar-refractivity contribution in [1.82, 2.24) is 4.98 Å². The van der Waals surface area contributed by atoms with E-state index in [1.807, 2.05) is 36.7 Å². The summed E-state index contributed by atoms with van der Waals surface area (Å²) < 4.78 is 0. The van der Waals surface area contributed by atoms with E-state index in [0.717, 1.165) is 16.1 Å². The molecule has 0 spiro atoms. The largest absolute Gasteiger partial charge is 1.00 e. The number of rotatable bonds is 6. The summed E-state index contributed by atoms with van der Waals surface area (Å²) >= 11 is 1.59. The topological polar surface area (TPSA) is 73.2 Å². The maximum Gasteiger partial charge on any atom is 1.00 e. The van der Waals surface area contributed by atoms with Crippen molar-refractivity contribution in [2.24, 2.45) is 0 Å². The van der Waals surface area contributed by atoms with Crippen molar-refractivity contribution >= 4 is 29.5 Å². The molecule has 2 rings (SSSR count). The Morgan fingerprint density at radius 1 is 1.36 bits per heavy atom. The average Bonchev–Trinajstić information content (AvgIpc) is 2.88. The predicted octanol–water partition coefficient (Wildman–Crippen LogP) is -0.811. The van der Waals surface area contributed by atoms with Gasteiger partial charge in [0.15, 0.2) is 0 Å². The molecule has 0 saturated heterocycles. The zero-order valence-corrected chi connectivity index (χ0v) is 13.5. The maximum atomic E-state index is 10.4. The molecule has 0 amide bonds. The number of thiazole rings is 1. The molecule has 6 heteroatoms. The second kappa shape index (κ2) is 8.91. The third kappa shape index (κ3) is 5.43. The van der Waals surface area contributed by atoms with E-state index < -0.39 is 12.1 Å². The molecule has 4 nitrogen and oxygen atoms in total. The number of carbonyl (C=O) groups is 1. The molecule has 110 valence electrons. The fourth-order valence-electron chi connectivity index (χ4n) is 1.89. The van der Waals surface area contributed by atoms with E-state index in [1.54, 1.807) is 23.5 Å². The third-order valence-corrected chi connectivity index (χ3v) is 4.05. The normalized spacial score (nSPS) is 12.1. The molecular weight excluding hydrogens is 293 g/mol. The Morgan fingerprint density at radius 3 is 2.59 bits per heavy atom. The summed E-state index contributed by atoms with van der Waals surface area (Å²) in [5.74, 6) is -1.14. The minimum absolute atomic E-state index is 0. The molecule has 1 aromatic carbocycles. The van der Waals surface area contributed by atoms with Crippen LogP contribution in [0.25, 0.3) is 12.2 Å². The van der Waals surface area contributed by atoms with Crippen LogP contribution in [0.15, 0.2) is 29.8 Å². The molecule has 1 atom stereocenters. The van der Waals surface area contributed by atoms with Gasteiger partial charge in [-0.3, -0.25) is 0 Å². The predicted molar refractivity (Wildman–Crippen MR) is 81.4 cm³/mol. The van der Waals surface area contributed by atoms with Gasteiger partial charge < -0.3 is 15.0 Å². The van der Waals surface area contributed by atoms with E-state index in [4.69, 9.17) is 0 Å². The van der Waals surface area contributed by atoms with Crippen molar-refractivity contribution in [2.75, 3.05) is 0 Å². The van der Waals surface area contributed by atoms with Gasteiger partial charge in [-0.25, -0.2) is 4.98 Å². The Bertz CT molecular complexity index is 637.